The van der Waals surface area contributed by atoms with E-state index in [0.717, 1.165) is 20.7 Å². The molecular formula is C22H20FN3O3S. The monoisotopic (exact) mass is 425 g/mol. The number of fused-ring (bicyclic) bond motifs is 2. The molecule has 6 nitrogen and oxygen atoms in total. The van der Waals surface area contributed by atoms with Gasteiger partial charge in [0, 0.05) is 31.6 Å². The molecule has 1 fully saturated rings. The van der Waals surface area contributed by atoms with Crippen molar-refractivity contribution in [3.8, 4) is 5.75 Å². The quantitative estimate of drug-likeness (QED) is 0.480. The van der Waals surface area contributed by atoms with Crippen LogP contribution in [0.15, 0.2) is 46.9 Å². The van der Waals surface area contributed by atoms with Gasteiger partial charge in [0.05, 0.1) is 16.8 Å². The lowest BCUT2D eigenvalue weighted by atomic mass is 10.2. The van der Waals surface area contributed by atoms with E-state index in [1.165, 1.54) is 23.5 Å². The molecule has 2 aromatic heterocycles. The van der Waals surface area contributed by atoms with Crippen LogP contribution in [0, 0.1) is 5.82 Å². The number of carbonyl (C=O) groups is 1. The first-order valence-corrected chi connectivity index (χ1v) is 10.7. The molecule has 0 bridgehead atoms. The molecule has 8 heteroatoms. The van der Waals surface area contributed by atoms with Crippen LogP contribution >= 0.6 is 11.3 Å². The summed E-state index contributed by atoms with van der Waals surface area (Å²) in [6.45, 7) is 4.91. The zero-order valence-electron chi connectivity index (χ0n) is 16.4. The van der Waals surface area contributed by atoms with Gasteiger partial charge in [0.25, 0.3) is 5.91 Å². The molecular weight excluding hydrogens is 405 g/mol. The number of rotatable bonds is 4. The van der Waals surface area contributed by atoms with Gasteiger partial charge < -0.3 is 19.0 Å². The van der Waals surface area contributed by atoms with Crippen LogP contribution in [0.5, 0.6) is 5.75 Å². The minimum atomic E-state index is -0.258. The molecule has 0 radical (unpaired) electrons. The Labute approximate surface area is 176 Å². The third kappa shape index (κ3) is 3.37. The number of furan rings is 1. The van der Waals surface area contributed by atoms with Crippen LogP contribution in [-0.2, 0) is 0 Å². The lowest BCUT2D eigenvalue weighted by Crippen LogP contribution is -2.48. The molecule has 1 amide bonds. The van der Waals surface area contributed by atoms with Crippen molar-refractivity contribution in [3.63, 3.8) is 0 Å². The fourth-order valence-corrected chi connectivity index (χ4v) is 4.73. The number of ether oxygens (including phenoxy) is 1. The second kappa shape index (κ2) is 7.60. The van der Waals surface area contributed by atoms with E-state index in [-0.39, 0.29) is 11.7 Å². The van der Waals surface area contributed by atoms with Gasteiger partial charge >= 0.3 is 0 Å². The van der Waals surface area contributed by atoms with Gasteiger partial charge in [0.1, 0.15) is 5.82 Å². The molecule has 3 heterocycles. The molecule has 2 aromatic carbocycles. The molecule has 0 saturated carbocycles. The summed E-state index contributed by atoms with van der Waals surface area (Å²) >= 11 is 1.47. The molecule has 154 valence electrons. The lowest BCUT2D eigenvalue weighted by Gasteiger charge is -2.34. The summed E-state index contributed by atoms with van der Waals surface area (Å²) in [5.41, 5.74) is 1.39. The van der Waals surface area contributed by atoms with E-state index < -0.39 is 0 Å². The van der Waals surface area contributed by atoms with Gasteiger partial charge in [-0.2, -0.15) is 0 Å². The molecule has 0 atom stereocenters. The van der Waals surface area contributed by atoms with E-state index >= 15 is 0 Å². The van der Waals surface area contributed by atoms with Gasteiger partial charge in [-0.15, -0.1) is 0 Å². The predicted octanol–water partition coefficient (Wildman–Crippen LogP) is 4.54. The average Bonchev–Trinajstić information content (AvgIpc) is 3.38. The number of nitrogens with zero attached hydrogens (tertiary/aromatic N) is 3. The van der Waals surface area contributed by atoms with E-state index in [1.807, 2.05) is 25.1 Å². The molecule has 5 rings (SSSR count). The molecule has 1 saturated heterocycles. The van der Waals surface area contributed by atoms with Crippen molar-refractivity contribution in [2.24, 2.45) is 0 Å². The third-order valence-electron chi connectivity index (χ3n) is 5.20. The number of thiazole rings is 1. The standard InChI is InChI=1S/C22H20FN3O3S/c1-2-28-17-5-3-4-14-12-18(29-20(14)17)21(27)25-8-10-26(11-9-25)22-24-16-7-6-15(23)13-19(16)30-22/h3-7,12-13H,2,8-11H2,1H3. The van der Waals surface area contributed by atoms with Crippen LogP contribution < -0.4 is 9.64 Å². The minimum absolute atomic E-state index is 0.125. The number of benzene rings is 2. The first kappa shape index (κ1) is 18.9. The molecule has 4 aromatic rings. The number of hydrogen-bond donors (Lipinski definition) is 0. The SMILES string of the molecule is CCOc1cccc2cc(C(=O)N3CCN(c4nc5ccc(F)cc5s4)CC3)oc12. The van der Waals surface area contributed by atoms with Crippen LogP contribution in [0.4, 0.5) is 9.52 Å². The number of para-hydroxylation sites is 1. The smallest absolute Gasteiger partial charge is 0.289 e. The highest BCUT2D eigenvalue weighted by Crippen LogP contribution is 2.31. The second-order valence-electron chi connectivity index (χ2n) is 7.11. The van der Waals surface area contributed by atoms with Crippen molar-refractivity contribution in [2.75, 3.05) is 37.7 Å². The van der Waals surface area contributed by atoms with Gasteiger partial charge in [0.15, 0.2) is 22.2 Å². The number of piperazine rings is 1. The summed E-state index contributed by atoms with van der Waals surface area (Å²) in [6.07, 6.45) is 0. The highest BCUT2D eigenvalue weighted by Gasteiger charge is 2.26. The zero-order chi connectivity index (χ0) is 20.7. The van der Waals surface area contributed by atoms with Gasteiger partial charge in [-0.1, -0.05) is 23.5 Å². The predicted molar refractivity (Wildman–Crippen MR) is 115 cm³/mol. The van der Waals surface area contributed by atoms with Crippen molar-refractivity contribution in [1.82, 2.24) is 9.88 Å². The summed E-state index contributed by atoms with van der Waals surface area (Å²) in [4.78, 5) is 21.5. The highest BCUT2D eigenvalue weighted by molar-refractivity contribution is 7.22. The van der Waals surface area contributed by atoms with Crippen LogP contribution in [0.3, 0.4) is 0 Å². The first-order chi connectivity index (χ1) is 14.6. The Hall–Kier alpha value is -3.13. The number of hydrogen-bond acceptors (Lipinski definition) is 6. The van der Waals surface area contributed by atoms with Crippen molar-refractivity contribution in [2.45, 2.75) is 6.92 Å². The molecule has 30 heavy (non-hydrogen) atoms. The number of halogens is 1. The van der Waals surface area contributed by atoms with Crippen LogP contribution in [0.25, 0.3) is 21.2 Å². The summed E-state index contributed by atoms with van der Waals surface area (Å²) in [5, 5.41) is 1.71. The first-order valence-electron chi connectivity index (χ1n) is 9.88. The molecule has 1 aliphatic rings. The van der Waals surface area contributed by atoms with E-state index in [1.54, 1.807) is 17.0 Å². The summed E-state index contributed by atoms with van der Waals surface area (Å²) in [5.74, 6) is 0.582. The number of anilines is 1. The molecule has 0 N–H and O–H groups in total. The van der Waals surface area contributed by atoms with Crippen molar-refractivity contribution < 1.29 is 18.3 Å². The fraction of sp³-hybridized carbons (Fsp3) is 0.273. The number of aromatic nitrogens is 1. The summed E-state index contributed by atoms with van der Waals surface area (Å²) in [7, 11) is 0. The molecule has 1 aliphatic heterocycles. The highest BCUT2D eigenvalue weighted by atomic mass is 32.1. The van der Waals surface area contributed by atoms with E-state index in [2.05, 4.69) is 9.88 Å². The Morgan fingerprint density at radius 3 is 2.83 bits per heavy atom. The van der Waals surface area contributed by atoms with Gasteiger partial charge in [-0.3, -0.25) is 4.79 Å². The topological polar surface area (TPSA) is 58.8 Å². The largest absolute Gasteiger partial charge is 0.490 e. The molecule has 0 aliphatic carbocycles. The normalized spacial score (nSPS) is 14.6. The lowest BCUT2D eigenvalue weighted by molar-refractivity contribution is 0.0717. The van der Waals surface area contributed by atoms with Gasteiger partial charge in [-0.05, 0) is 37.3 Å². The number of carbonyl (C=O) groups excluding carboxylic acids is 1. The minimum Gasteiger partial charge on any atom is -0.490 e. The van der Waals surface area contributed by atoms with Gasteiger partial charge in [-0.25, -0.2) is 9.37 Å². The average molecular weight is 425 g/mol. The summed E-state index contributed by atoms with van der Waals surface area (Å²) in [6, 6.07) is 12.0. The van der Waals surface area contributed by atoms with E-state index in [9.17, 15) is 9.18 Å². The van der Waals surface area contributed by atoms with Crippen molar-refractivity contribution >= 4 is 43.6 Å². The molecule has 0 unspecified atom stereocenters. The van der Waals surface area contributed by atoms with Crippen molar-refractivity contribution in [3.05, 3.63) is 54.0 Å². The number of amides is 1. The second-order valence-corrected chi connectivity index (χ2v) is 8.11. The summed E-state index contributed by atoms with van der Waals surface area (Å²) < 4.78 is 25.7. The van der Waals surface area contributed by atoms with Gasteiger partial charge in [0.2, 0.25) is 0 Å². The molecule has 0 spiro atoms. The van der Waals surface area contributed by atoms with Crippen LogP contribution in [-0.4, -0.2) is 48.6 Å². The Balaban J connectivity index is 1.30. The maximum absolute atomic E-state index is 13.4. The fourth-order valence-electron chi connectivity index (χ4n) is 3.69. The maximum Gasteiger partial charge on any atom is 0.289 e. The third-order valence-corrected chi connectivity index (χ3v) is 6.27. The van der Waals surface area contributed by atoms with E-state index in [0.29, 0.717) is 49.9 Å². The van der Waals surface area contributed by atoms with Crippen LogP contribution in [0.1, 0.15) is 17.5 Å². The Morgan fingerprint density at radius 2 is 2.03 bits per heavy atom. The maximum atomic E-state index is 13.4. The van der Waals surface area contributed by atoms with Crippen molar-refractivity contribution in [1.29, 1.82) is 0 Å². The van der Waals surface area contributed by atoms with Crippen LogP contribution in [0.2, 0.25) is 0 Å². The zero-order valence-corrected chi connectivity index (χ0v) is 17.2. The Morgan fingerprint density at radius 1 is 1.20 bits per heavy atom. The Kier molecular flexibility index (Phi) is 4.78. The van der Waals surface area contributed by atoms with E-state index in [4.69, 9.17) is 9.15 Å². The Bertz CT molecular complexity index is 1230.